The van der Waals surface area contributed by atoms with Crippen molar-refractivity contribution in [1.82, 2.24) is 15.3 Å². The van der Waals surface area contributed by atoms with E-state index in [0.29, 0.717) is 34.7 Å². The zero-order valence-corrected chi connectivity index (χ0v) is 22.0. The molecule has 39 heavy (non-hydrogen) atoms. The van der Waals surface area contributed by atoms with Crippen molar-refractivity contribution < 1.29 is 22.8 Å². The van der Waals surface area contributed by atoms with Crippen LogP contribution in [-0.4, -0.2) is 26.9 Å². The van der Waals surface area contributed by atoms with Crippen LogP contribution in [0.1, 0.15) is 54.7 Å². The number of hydrogen-bond acceptors (Lipinski definition) is 6. The van der Waals surface area contributed by atoms with Gasteiger partial charge in [0, 0.05) is 25.2 Å². The van der Waals surface area contributed by atoms with Crippen molar-refractivity contribution in [2.75, 3.05) is 0 Å². The Hall–Kier alpha value is -3.30. The maximum atomic E-state index is 13.5. The number of carbonyl (C=O) groups excluding carboxylic acids is 2. The number of nitrogens with zero attached hydrogens (tertiary/aromatic N) is 2. The van der Waals surface area contributed by atoms with Gasteiger partial charge in [-0.25, -0.2) is 9.97 Å². The molecule has 5 nitrogen and oxygen atoms in total. The Balaban J connectivity index is 1.14. The number of rotatable bonds is 7. The number of aromatic nitrogens is 2. The highest BCUT2D eigenvalue weighted by molar-refractivity contribution is 8.18. The molecule has 2 aromatic carbocycles. The molecule has 0 amide bonds. The maximum absolute atomic E-state index is 13.5. The molecule has 1 saturated heterocycles. The molecule has 0 bridgehead atoms. The van der Waals surface area contributed by atoms with Crippen LogP contribution in [-0.2, 0) is 28.7 Å². The minimum absolute atomic E-state index is 0.0524. The number of carbonyl (C=O) groups is 2. The standard InChI is InChI=1S/C30H28F3N3O2S/c31-30(32,33)25-7-2-1-6-24(25)21-5-3-4-20(14-21)18-35-22-10-8-19(9-11-22)15-28-34-13-12-23(36-28)16-27-26(37)17-29(38)39-27/h1-7,12-14,16,19,22,35H,8-11,15,17-18H2/b27-16-. The van der Waals surface area contributed by atoms with Gasteiger partial charge in [0.15, 0.2) is 5.78 Å². The van der Waals surface area contributed by atoms with Crippen molar-refractivity contribution in [2.45, 2.75) is 57.3 Å². The van der Waals surface area contributed by atoms with Crippen LogP contribution in [0.2, 0.25) is 0 Å². The summed E-state index contributed by atoms with van der Waals surface area (Å²) in [5, 5.41) is 3.45. The second kappa shape index (κ2) is 11.8. The number of ketones is 1. The van der Waals surface area contributed by atoms with Crippen molar-refractivity contribution in [2.24, 2.45) is 5.92 Å². The van der Waals surface area contributed by atoms with E-state index in [1.54, 1.807) is 36.5 Å². The average molecular weight is 552 g/mol. The third-order valence-electron chi connectivity index (χ3n) is 7.19. The van der Waals surface area contributed by atoms with Crippen LogP contribution < -0.4 is 5.32 Å². The summed E-state index contributed by atoms with van der Waals surface area (Å²) in [4.78, 5) is 32.8. The molecule has 0 radical (unpaired) electrons. The number of hydrogen-bond donors (Lipinski definition) is 1. The molecular weight excluding hydrogens is 523 g/mol. The Kier molecular flexibility index (Phi) is 8.28. The minimum Gasteiger partial charge on any atom is -0.310 e. The molecule has 9 heteroatoms. The minimum atomic E-state index is -4.40. The van der Waals surface area contributed by atoms with Crippen molar-refractivity contribution in [3.05, 3.63) is 88.3 Å². The van der Waals surface area contributed by atoms with Gasteiger partial charge in [0.2, 0.25) is 5.12 Å². The highest BCUT2D eigenvalue weighted by Gasteiger charge is 2.33. The van der Waals surface area contributed by atoms with E-state index in [-0.39, 0.29) is 22.9 Å². The summed E-state index contributed by atoms with van der Waals surface area (Å²) < 4.78 is 40.4. The van der Waals surface area contributed by atoms with E-state index in [4.69, 9.17) is 0 Å². The van der Waals surface area contributed by atoms with Gasteiger partial charge < -0.3 is 5.32 Å². The lowest BCUT2D eigenvalue weighted by Crippen LogP contribution is -2.33. The van der Waals surface area contributed by atoms with Crippen molar-refractivity contribution >= 4 is 28.7 Å². The molecule has 1 aliphatic carbocycles. The van der Waals surface area contributed by atoms with Gasteiger partial charge in [-0.15, -0.1) is 0 Å². The summed E-state index contributed by atoms with van der Waals surface area (Å²) in [6.07, 6.45) is 3.70. The second-order valence-corrected chi connectivity index (χ2v) is 11.1. The van der Waals surface area contributed by atoms with Gasteiger partial charge in [-0.2, -0.15) is 13.2 Å². The number of thioether (sulfide) groups is 1. The summed E-state index contributed by atoms with van der Waals surface area (Å²) in [5.41, 5.74) is 1.72. The SMILES string of the molecule is O=C1CC(=O)/C(=C/c2ccnc(CC3CCC(NCc4cccc(-c5ccccc5C(F)(F)F)c4)CC3)n2)S1. The topological polar surface area (TPSA) is 72.0 Å². The average Bonchev–Trinajstić information content (AvgIpc) is 3.24. The molecular formula is C30H28F3N3O2S. The summed E-state index contributed by atoms with van der Waals surface area (Å²) in [7, 11) is 0. The quantitative estimate of drug-likeness (QED) is 0.263. The van der Waals surface area contributed by atoms with Gasteiger partial charge in [0.1, 0.15) is 5.82 Å². The lowest BCUT2D eigenvalue weighted by molar-refractivity contribution is -0.137. The van der Waals surface area contributed by atoms with E-state index in [2.05, 4.69) is 15.3 Å². The third kappa shape index (κ3) is 7.02. The molecule has 1 aliphatic heterocycles. The van der Waals surface area contributed by atoms with E-state index in [0.717, 1.165) is 61.3 Å². The van der Waals surface area contributed by atoms with E-state index >= 15 is 0 Å². The normalized spacial score (nSPS) is 21.1. The van der Waals surface area contributed by atoms with Crippen LogP contribution in [0.5, 0.6) is 0 Å². The Morgan fingerprint density at radius 1 is 1.00 bits per heavy atom. The van der Waals surface area contributed by atoms with Gasteiger partial charge in [-0.1, -0.05) is 36.4 Å². The number of Topliss-reactive ketones (excluding diaryl/α,β-unsaturated/α-hetero) is 1. The molecule has 2 aliphatic rings. The molecule has 1 N–H and O–H groups in total. The first-order valence-electron chi connectivity index (χ1n) is 13.0. The first-order valence-corrected chi connectivity index (χ1v) is 13.8. The fourth-order valence-corrected chi connectivity index (χ4v) is 6.01. The number of halogens is 3. The maximum Gasteiger partial charge on any atom is 0.417 e. The molecule has 3 aromatic rings. The number of allylic oxidation sites excluding steroid dienone is 1. The monoisotopic (exact) mass is 551 g/mol. The summed E-state index contributed by atoms with van der Waals surface area (Å²) in [6.45, 7) is 0.594. The molecule has 1 aromatic heterocycles. The zero-order valence-electron chi connectivity index (χ0n) is 21.2. The van der Waals surface area contributed by atoms with Crippen LogP contribution in [0.25, 0.3) is 17.2 Å². The third-order valence-corrected chi connectivity index (χ3v) is 8.13. The van der Waals surface area contributed by atoms with E-state index in [9.17, 15) is 22.8 Å². The summed E-state index contributed by atoms with van der Waals surface area (Å²) in [5.74, 6) is 1.03. The molecule has 0 spiro atoms. The van der Waals surface area contributed by atoms with Crippen LogP contribution in [0.4, 0.5) is 13.2 Å². The molecule has 0 unspecified atom stereocenters. The highest BCUT2D eigenvalue weighted by atomic mass is 32.2. The molecule has 1 saturated carbocycles. The van der Waals surface area contributed by atoms with Gasteiger partial charge in [-0.3, -0.25) is 9.59 Å². The van der Waals surface area contributed by atoms with E-state index in [1.807, 2.05) is 12.1 Å². The van der Waals surface area contributed by atoms with Crippen LogP contribution in [0, 0.1) is 5.92 Å². The highest BCUT2D eigenvalue weighted by Crippen LogP contribution is 2.37. The van der Waals surface area contributed by atoms with Crippen molar-refractivity contribution in [1.29, 1.82) is 0 Å². The Morgan fingerprint density at radius 2 is 1.79 bits per heavy atom. The Bertz CT molecular complexity index is 1400. The lowest BCUT2D eigenvalue weighted by Gasteiger charge is -2.29. The Labute approximate surface area is 229 Å². The summed E-state index contributed by atoms with van der Waals surface area (Å²) >= 11 is 0.974. The first kappa shape index (κ1) is 27.3. The van der Waals surface area contributed by atoms with Gasteiger partial charge in [0.25, 0.3) is 0 Å². The molecule has 5 rings (SSSR count). The second-order valence-electron chi connectivity index (χ2n) is 10.0. The Morgan fingerprint density at radius 3 is 2.54 bits per heavy atom. The fraction of sp³-hybridized carbons (Fsp3) is 0.333. The zero-order chi connectivity index (χ0) is 27.4. The summed E-state index contributed by atoms with van der Waals surface area (Å²) in [6, 6.07) is 15.0. The lowest BCUT2D eigenvalue weighted by atomic mass is 9.84. The van der Waals surface area contributed by atoms with E-state index < -0.39 is 11.7 Å². The van der Waals surface area contributed by atoms with Gasteiger partial charge in [0.05, 0.1) is 22.6 Å². The molecule has 0 atom stereocenters. The predicted molar refractivity (Wildman–Crippen MR) is 145 cm³/mol. The number of alkyl halides is 3. The fourth-order valence-electron chi connectivity index (χ4n) is 5.19. The molecule has 2 fully saturated rings. The van der Waals surface area contributed by atoms with Crippen LogP contribution in [0.15, 0.2) is 65.7 Å². The number of nitrogens with one attached hydrogen (secondary N) is 1. The van der Waals surface area contributed by atoms with Gasteiger partial charge >= 0.3 is 6.18 Å². The number of benzene rings is 2. The largest absolute Gasteiger partial charge is 0.417 e. The van der Waals surface area contributed by atoms with Crippen molar-refractivity contribution in [3.8, 4) is 11.1 Å². The smallest absolute Gasteiger partial charge is 0.310 e. The van der Waals surface area contributed by atoms with Crippen LogP contribution in [0.3, 0.4) is 0 Å². The predicted octanol–water partition coefficient (Wildman–Crippen LogP) is 6.63. The van der Waals surface area contributed by atoms with E-state index in [1.165, 1.54) is 12.1 Å². The molecule has 202 valence electrons. The van der Waals surface area contributed by atoms with Gasteiger partial charge in [-0.05, 0) is 84.3 Å². The van der Waals surface area contributed by atoms with Crippen LogP contribution >= 0.6 is 11.8 Å². The molecule has 2 heterocycles. The van der Waals surface area contributed by atoms with Crippen molar-refractivity contribution in [3.63, 3.8) is 0 Å². The first-order chi connectivity index (χ1) is 18.7.